The summed E-state index contributed by atoms with van der Waals surface area (Å²) in [6.45, 7) is 11.1. The summed E-state index contributed by atoms with van der Waals surface area (Å²) in [7, 11) is 3.84. The fraction of sp³-hybridized carbons (Fsp3) is 0.583. The Hall–Kier alpha value is -1.61. The van der Waals surface area contributed by atoms with Crippen LogP contribution in [0, 0.1) is 20.8 Å². The van der Waals surface area contributed by atoms with Crippen LogP contribution in [0.15, 0.2) is 29.3 Å². The first-order valence-electron chi connectivity index (χ1n) is 11.0. The Morgan fingerprint density at radius 3 is 2.48 bits per heavy atom. The van der Waals surface area contributed by atoms with Gasteiger partial charge in [0.05, 0.1) is 5.69 Å². The molecule has 2 aromatic rings. The molecule has 0 radical (unpaired) electrons. The molecule has 1 unspecified atom stereocenters. The van der Waals surface area contributed by atoms with E-state index < -0.39 is 0 Å². The number of aliphatic imine (C=N–C) groups is 1. The van der Waals surface area contributed by atoms with E-state index in [2.05, 4.69) is 72.7 Å². The molecule has 1 aliphatic heterocycles. The number of hydrogen-bond donors (Lipinski definition) is 2. The number of aromatic nitrogens is 2. The third-order valence-electron chi connectivity index (χ3n) is 6.54. The van der Waals surface area contributed by atoms with Gasteiger partial charge in [0.1, 0.15) is 0 Å². The third kappa shape index (κ3) is 6.00. The molecule has 0 aliphatic carbocycles. The van der Waals surface area contributed by atoms with E-state index in [1.54, 1.807) is 0 Å². The number of guanidine groups is 1. The molecule has 3 rings (SSSR count). The van der Waals surface area contributed by atoms with Crippen LogP contribution in [0.3, 0.4) is 0 Å². The summed E-state index contributed by atoms with van der Waals surface area (Å²) in [5.41, 5.74) is 6.48. The van der Waals surface area contributed by atoms with Crippen LogP contribution < -0.4 is 10.6 Å². The lowest BCUT2D eigenvalue weighted by atomic mass is 9.72. The number of halogens is 1. The van der Waals surface area contributed by atoms with E-state index in [-0.39, 0.29) is 35.4 Å². The summed E-state index contributed by atoms with van der Waals surface area (Å²) in [5, 5.41) is 11.7. The largest absolute Gasteiger partial charge is 0.381 e. The highest BCUT2D eigenvalue weighted by Gasteiger charge is 2.35. The molecular weight excluding hydrogens is 501 g/mol. The number of benzene rings is 1. The van der Waals surface area contributed by atoms with Crippen LogP contribution in [0.4, 0.5) is 0 Å². The molecule has 1 fully saturated rings. The Morgan fingerprint density at radius 1 is 1.23 bits per heavy atom. The molecule has 0 spiro atoms. The highest BCUT2D eigenvalue weighted by Crippen LogP contribution is 2.36. The molecule has 0 amide bonds. The van der Waals surface area contributed by atoms with E-state index in [0.29, 0.717) is 0 Å². The summed E-state index contributed by atoms with van der Waals surface area (Å²) in [5.74, 6) is 0.848. The van der Waals surface area contributed by atoms with Gasteiger partial charge in [0.2, 0.25) is 0 Å². The maximum atomic E-state index is 5.69. The summed E-state index contributed by atoms with van der Waals surface area (Å²) in [4.78, 5) is 4.49. The molecule has 1 aromatic heterocycles. The molecule has 1 aromatic carbocycles. The molecular formula is C24H38IN5O. The van der Waals surface area contributed by atoms with Crippen molar-refractivity contribution in [3.8, 4) is 0 Å². The Labute approximate surface area is 204 Å². The van der Waals surface area contributed by atoms with Gasteiger partial charge in [-0.15, -0.1) is 24.0 Å². The lowest BCUT2D eigenvalue weighted by molar-refractivity contribution is 0.0511. The molecule has 2 heterocycles. The summed E-state index contributed by atoms with van der Waals surface area (Å²) in [6, 6.07) is 8.99. The molecule has 2 N–H and O–H groups in total. The minimum Gasteiger partial charge on any atom is -0.381 e. The highest BCUT2D eigenvalue weighted by molar-refractivity contribution is 14.0. The zero-order valence-corrected chi connectivity index (χ0v) is 22.1. The predicted octanol–water partition coefficient (Wildman–Crippen LogP) is 3.81. The van der Waals surface area contributed by atoms with Crippen molar-refractivity contribution in [3.63, 3.8) is 0 Å². The van der Waals surface area contributed by atoms with Gasteiger partial charge in [-0.3, -0.25) is 9.67 Å². The molecule has 6 nitrogen and oxygen atoms in total. The number of ether oxygens (including phenoxy) is 1. The van der Waals surface area contributed by atoms with Gasteiger partial charge in [-0.1, -0.05) is 24.3 Å². The lowest BCUT2D eigenvalue weighted by Gasteiger charge is -2.39. The summed E-state index contributed by atoms with van der Waals surface area (Å²) >= 11 is 0. The van der Waals surface area contributed by atoms with Gasteiger partial charge in [-0.05, 0) is 63.6 Å². The Morgan fingerprint density at radius 2 is 1.90 bits per heavy atom. The smallest absolute Gasteiger partial charge is 0.191 e. The Kier molecular flexibility index (Phi) is 9.36. The first-order valence-corrected chi connectivity index (χ1v) is 11.0. The normalized spacial score (nSPS) is 17.0. The van der Waals surface area contributed by atoms with Gasteiger partial charge in [-0.2, -0.15) is 5.10 Å². The zero-order chi connectivity index (χ0) is 21.7. The summed E-state index contributed by atoms with van der Waals surface area (Å²) < 4.78 is 7.65. The minimum absolute atomic E-state index is 0. The Bertz CT molecular complexity index is 886. The van der Waals surface area contributed by atoms with Gasteiger partial charge < -0.3 is 15.4 Å². The number of nitrogens with one attached hydrogen (secondary N) is 2. The van der Waals surface area contributed by atoms with E-state index in [1.165, 1.54) is 22.4 Å². The average molecular weight is 540 g/mol. The SMILES string of the molecule is CN=C(NCC1(c2ccccc2C)CCOCC1)NC(C)Cc1c(C)nn(C)c1C.I. The monoisotopic (exact) mass is 539 g/mol. The maximum absolute atomic E-state index is 5.69. The van der Waals surface area contributed by atoms with Crippen molar-refractivity contribution in [2.45, 2.75) is 58.4 Å². The fourth-order valence-electron chi connectivity index (χ4n) is 4.62. The van der Waals surface area contributed by atoms with Crippen LogP contribution in [-0.2, 0) is 23.6 Å². The van der Waals surface area contributed by atoms with E-state index in [0.717, 1.165) is 50.7 Å². The molecule has 0 saturated carbocycles. The first kappa shape index (κ1) is 25.6. The predicted molar refractivity (Wildman–Crippen MR) is 139 cm³/mol. The van der Waals surface area contributed by atoms with Crippen molar-refractivity contribution in [2.24, 2.45) is 12.0 Å². The van der Waals surface area contributed by atoms with Crippen LogP contribution >= 0.6 is 24.0 Å². The highest BCUT2D eigenvalue weighted by atomic mass is 127. The average Bonchev–Trinajstić information content (AvgIpc) is 2.98. The van der Waals surface area contributed by atoms with Crippen molar-refractivity contribution in [2.75, 3.05) is 26.8 Å². The van der Waals surface area contributed by atoms with E-state index in [1.807, 2.05) is 18.8 Å². The number of nitrogens with zero attached hydrogens (tertiary/aromatic N) is 3. The number of rotatable bonds is 6. The van der Waals surface area contributed by atoms with Crippen LogP contribution in [0.25, 0.3) is 0 Å². The van der Waals surface area contributed by atoms with Gasteiger partial charge in [0, 0.05) is 51.0 Å². The van der Waals surface area contributed by atoms with Gasteiger partial charge in [-0.25, -0.2) is 0 Å². The molecule has 31 heavy (non-hydrogen) atoms. The molecule has 1 atom stereocenters. The van der Waals surface area contributed by atoms with Crippen molar-refractivity contribution in [3.05, 3.63) is 52.3 Å². The van der Waals surface area contributed by atoms with E-state index in [4.69, 9.17) is 4.74 Å². The second-order valence-electron chi connectivity index (χ2n) is 8.66. The molecule has 172 valence electrons. The quantitative estimate of drug-likeness (QED) is 0.333. The second-order valence-corrected chi connectivity index (χ2v) is 8.66. The van der Waals surface area contributed by atoms with Crippen molar-refractivity contribution in [1.82, 2.24) is 20.4 Å². The fourth-order valence-corrected chi connectivity index (χ4v) is 4.62. The van der Waals surface area contributed by atoms with Crippen LogP contribution in [0.5, 0.6) is 0 Å². The van der Waals surface area contributed by atoms with Gasteiger partial charge in [0.25, 0.3) is 0 Å². The van der Waals surface area contributed by atoms with Crippen LogP contribution in [0.1, 0.15) is 47.8 Å². The van der Waals surface area contributed by atoms with E-state index >= 15 is 0 Å². The topological polar surface area (TPSA) is 63.5 Å². The Balaban J connectivity index is 0.00000341. The van der Waals surface area contributed by atoms with Crippen molar-refractivity contribution in [1.29, 1.82) is 0 Å². The summed E-state index contributed by atoms with van der Waals surface area (Å²) in [6.07, 6.45) is 2.96. The van der Waals surface area contributed by atoms with Crippen molar-refractivity contribution < 1.29 is 4.74 Å². The molecule has 1 saturated heterocycles. The van der Waals surface area contributed by atoms with Crippen LogP contribution in [0.2, 0.25) is 0 Å². The standard InChI is InChI=1S/C24H37N5O.HI/c1-17-9-7-8-10-22(17)24(11-13-30-14-12-24)16-26-23(25-5)27-18(2)15-21-19(3)28-29(6)20(21)4;/h7-10,18H,11-16H2,1-6H3,(H2,25,26,27);1H. The van der Waals surface area contributed by atoms with Gasteiger partial charge in [0.15, 0.2) is 5.96 Å². The van der Waals surface area contributed by atoms with Crippen molar-refractivity contribution >= 4 is 29.9 Å². The van der Waals surface area contributed by atoms with Gasteiger partial charge >= 0.3 is 0 Å². The number of hydrogen-bond acceptors (Lipinski definition) is 3. The van der Waals surface area contributed by atoms with E-state index in [9.17, 15) is 0 Å². The lowest BCUT2D eigenvalue weighted by Crippen LogP contribution is -2.50. The number of aryl methyl sites for hydroxylation is 3. The zero-order valence-electron chi connectivity index (χ0n) is 19.8. The molecule has 0 bridgehead atoms. The molecule has 1 aliphatic rings. The maximum Gasteiger partial charge on any atom is 0.191 e. The third-order valence-corrected chi connectivity index (χ3v) is 6.54. The second kappa shape index (κ2) is 11.3. The first-order chi connectivity index (χ1) is 14.4. The minimum atomic E-state index is 0. The van der Waals surface area contributed by atoms with Crippen LogP contribution in [-0.4, -0.2) is 48.6 Å². The molecule has 7 heteroatoms.